The van der Waals surface area contributed by atoms with Crippen LogP contribution in [0.4, 0.5) is 0 Å². The smallest absolute Gasteiger partial charge is 0.550 e. The summed E-state index contributed by atoms with van der Waals surface area (Å²) < 4.78 is 0. The fourth-order valence-corrected chi connectivity index (χ4v) is 0.246. The predicted octanol–water partition coefficient (Wildman–Crippen LogP) is -2.95. The van der Waals surface area contributed by atoms with Crippen molar-refractivity contribution in [2.24, 2.45) is 0 Å². The number of carboxylic acids is 2. The van der Waals surface area contributed by atoms with Crippen LogP contribution in [0.3, 0.4) is 0 Å². The molecule has 0 aromatic carbocycles. The van der Waals surface area contributed by atoms with Crippen molar-refractivity contribution in [1.29, 1.82) is 0 Å². The number of rotatable bonds is 3. The maximum Gasteiger partial charge on any atom is 4.00 e. The van der Waals surface area contributed by atoms with Crippen molar-refractivity contribution < 1.29 is 46.0 Å². The first-order valence-electron chi connectivity index (χ1n) is 2.13. The van der Waals surface area contributed by atoms with Crippen molar-refractivity contribution in [2.45, 2.75) is 6.42 Å². The van der Waals surface area contributed by atoms with E-state index in [1.54, 1.807) is 0 Å². The Morgan fingerprint density at radius 1 is 1.27 bits per heavy atom. The Morgan fingerprint density at radius 2 is 1.64 bits per heavy atom. The second-order valence-corrected chi connectivity index (χ2v) is 1.44. The van der Waals surface area contributed by atoms with Crippen molar-refractivity contribution >= 4 is 29.3 Å². The normalized spacial score (nSPS) is 6.91. The summed E-state index contributed by atoms with van der Waals surface area (Å²) in [7, 11) is 0. The Morgan fingerprint density at radius 3 is 1.73 bits per heavy atom. The fraction of sp³-hybridized carbons (Fsp3) is 0.200. The molecule has 0 rings (SSSR count). The van der Waals surface area contributed by atoms with Gasteiger partial charge < -0.3 is 19.8 Å². The monoisotopic (exact) mass is 245 g/mol. The van der Waals surface area contributed by atoms with E-state index in [0.717, 1.165) is 0 Å². The first kappa shape index (κ1) is 17.3. The molecular formula is C5H4AlO4Zr+5. The molecule has 0 fully saturated rings. The van der Waals surface area contributed by atoms with Gasteiger partial charge in [-0.1, -0.05) is 6.58 Å². The van der Waals surface area contributed by atoms with E-state index in [0.29, 0.717) is 0 Å². The molecule has 11 heavy (non-hydrogen) atoms. The summed E-state index contributed by atoms with van der Waals surface area (Å²) in [4.78, 5) is 19.4. The van der Waals surface area contributed by atoms with Gasteiger partial charge in [-0.25, -0.2) is 0 Å². The van der Waals surface area contributed by atoms with Crippen LogP contribution in [-0.4, -0.2) is 29.3 Å². The van der Waals surface area contributed by atoms with Gasteiger partial charge in [-0.15, -0.1) is 0 Å². The van der Waals surface area contributed by atoms with Crippen molar-refractivity contribution in [3.63, 3.8) is 0 Å². The van der Waals surface area contributed by atoms with Gasteiger partial charge in [0.1, 0.15) is 0 Å². The number of hydrogen-bond acceptors (Lipinski definition) is 4. The van der Waals surface area contributed by atoms with Gasteiger partial charge in [0.25, 0.3) is 0 Å². The molecule has 6 heteroatoms. The molecule has 0 heterocycles. The Hall–Kier alpha value is 0.0956. The summed E-state index contributed by atoms with van der Waals surface area (Å²) in [5.74, 6) is -3.02. The molecule has 0 saturated heterocycles. The molecule has 4 nitrogen and oxygen atoms in total. The maximum atomic E-state index is 9.73. The second kappa shape index (κ2) is 8.19. The van der Waals surface area contributed by atoms with Crippen LogP contribution < -0.4 is 10.2 Å². The van der Waals surface area contributed by atoms with Crippen molar-refractivity contribution in [3.8, 4) is 0 Å². The average Bonchev–Trinajstić information content (AvgIpc) is 1.63. The molecule has 0 aliphatic heterocycles. The zero-order valence-corrected chi connectivity index (χ0v) is 9.24. The zero-order chi connectivity index (χ0) is 7.44. The molecule has 0 spiro atoms. The molecule has 0 aliphatic rings. The van der Waals surface area contributed by atoms with Crippen LogP contribution in [0.5, 0.6) is 0 Å². The molecule has 0 aromatic rings. The number of carbonyl (C=O) groups excluding carboxylic acids is 2. The Bertz CT molecular complexity index is 168. The molecule has 50 valence electrons. The van der Waals surface area contributed by atoms with E-state index < -0.39 is 23.9 Å². The minimum atomic E-state index is -1.56. The quantitative estimate of drug-likeness (QED) is 0.394. The Kier molecular flexibility index (Phi) is 12.9. The first-order chi connectivity index (χ1) is 4.04. The SMILES string of the molecule is C=C(CC(=O)[O-])C(=O)[O-].[Al+3].[Zr+4]. The molecule has 0 saturated carbocycles. The predicted molar refractivity (Wildman–Crippen MR) is 29.5 cm³/mol. The summed E-state index contributed by atoms with van der Waals surface area (Å²) in [6.07, 6.45) is -0.678. The van der Waals surface area contributed by atoms with E-state index >= 15 is 0 Å². The molecule has 0 amide bonds. The minimum absolute atomic E-state index is 0. The average molecular weight is 246 g/mol. The minimum Gasteiger partial charge on any atom is -0.550 e. The van der Waals surface area contributed by atoms with E-state index in [-0.39, 0.29) is 43.6 Å². The Balaban J connectivity index is -0.000000320. The Labute approximate surface area is 93.5 Å². The molecular weight excluding hydrogens is 242 g/mol. The first-order valence-corrected chi connectivity index (χ1v) is 2.13. The number of hydrogen-bond donors (Lipinski definition) is 0. The molecule has 0 bridgehead atoms. The second-order valence-electron chi connectivity index (χ2n) is 1.44. The van der Waals surface area contributed by atoms with Crippen LogP contribution in [0.2, 0.25) is 0 Å². The zero-order valence-electron chi connectivity index (χ0n) is 5.62. The van der Waals surface area contributed by atoms with Crippen LogP contribution in [-0.2, 0) is 35.8 Å². The van der Waals surface area contributed by atoms with E-state index in [1.165, 1.54) is 0 Å². The third-order valence-electron chi connectivity index (χ3n) is 0.646. The van der Waals surface area contributed by atoms with Gasteiger partial charge in [-0.05, 0) is 5.57 Å². The van der Waals surface area contributed by atoms with Crippen LogP contribution in [0.25, 0.3) is 0 Å². The van der Waals surface area contributed by atoms with Gasteiger partial charge in [-0.2, -0.15) is 0 Å². The van der Waals surface area contributed by atoms with Crippen molar-refractivity contribution in [2.75, 3.05) is 0 Å². The fourth-order valence-electron chi connectivity index (χ4n) is 0.246. The van der Waals surface area contributed by atoms with Crippen LogP contribution >= 0.6 is 0 Å². The van der Waals surface area contributed by atoms with Gasteiger partial charge in [0.15, 0.2) is 0 Å². The van der Waals surface area contributed by atoms with Crippen LogP contribution in [0, 0.1) is 0 Å². The maximum absolute atomic E-state index is 9.73. The molecule has 0 N–H and O–H groups in total. The van der Waals surface area contributed by atoms with E-state index in [4.69, 9.17) is 0 Å². The number of carbonyl (C=O) groups is 2. The van der Waals surface area contributed by atoms with Crippen LogP contribution in [0.15, 0.2) is 12.2 Å². The molecule has 0 aliphatic carbocycles. The van der Waals surface area contributed by atoms with E-state index in [1.807, 2.05) is 0 Å². The van der Waals surface area contributed by atoms with Crippen LogP contribution in [0.1, 0.15) is 6.42 Å². The van der Waals surface area contributed by atoms with Gasteiger partial charge >= 0.3 is 43.6 Å². The van der Waals surface area contributed by atoms with Gasteiger partial charge in [0.05, 0.1) is 5.97 Å². The molecule has 0 aromatic heterocycles. The van der Waals surface area contributed by atoms with E-state index in [9.17, 15) is 19.8 Å². The number of carboxylic acid groups (broad SMARTS) is 2. The summed E-state index contributed by atoms with van der Waals surface area (Å²) in [6.45, 7) is 2.91. The van der Waals surface area contributed by atoms with Gasteiger partial charge in [0.2, 0.25) is 0 Å². The largest absolute Gasteiger partial charge is 4.00 e. The standard InChI is InChI=1S/C5H6O4.Al.Zr/c1-3(5(8)9)2-4(6)7;;/h1-2H2,(H,6,7)(H,8,9);;/q;+3;+4/p-2. The summed E-state index contributed by atoms with van der Waals surface area (Å²) >= 11 is 0. The summed E-state index contributed by atoms with van der Waals surface area (Å²) in [5.41, 5.74) is -0.477. The molecule has 0 unspecified atom stereocenters. The van der Waals surface area contributed by atoms with Crippen molar-refractivity contribution in [3.05, 3.63) is 12.2 Å². The summed E-state index contributed by atoms with van der Waals surface area (Å²) in [6, 6.07) is 0. The van der Waals surface area contributed by atoms with E-state index in [2.05, 4.69) is 6.58 Å². The third-order valence-corrected chi connectivity index (χ3v) is 0.646. The number of aliphatic carboxylic acids is 2. The summed E-state index contributed by atoms with van der Waals surface area (Å²) in [5, 5.41) is 19.4. The van der Waals surface area contributed by atoms with Gasteiger partial charge in [-0.3, -0.25) is 0 Å². The molecule has 0 radical (unpaired) electrons. The van der Waals surface area contributed by atoms with Gasteiger partial charge in [0, 0.05) is 12.4 Å². The van der Waals surface area contributed by atoms with Crippen molar-refractivity contribution in [1.82, 2.24) is 0 Å². The topological polar surface area (TPSA) is 80.3 Å². The molecule has 0 atom stereocenters. The third kappa shape index (κ3) is 10.1.